The summed E-state index contributed by atoms with van der Waals surface area (Å²) in [4.78, 5) is 46.8. The number of nitrogens with zero attached hydrogens (tertiary/aromatic N) is 2. The van der Waals surface area contributed by atoms with Gasteiger partial charge in [-0.3, -0.25) is 14.6 Å². The largest absolute Gasteiger partial charge is 0.364 e. The quantitative estimate of drug-likeness (QED) is 0.671. The Hall–Kier alpha value is -3.80. The van der Waals surface area contributed by atoms with Crippen molar-refractivity contribution < 1.29 is 19.2 Å². The highest BCUT2D eigenvalue weighted by Gasteiger charge is 2.39. The standard InChI is InChI=1S/C21H14N2O4/c1-13-14(18-11-4-5-12-22-18)9-6-10-15(13)21(26)27-23-19(24)16-7-2-3-8-17(16)20(23)25/h2-12H,1H3. The molecule has 0 bridgehead atoms. The van der Waals surface area contributed by atoms with E-state index in [1.807, 2.05) is 18.2 Å². The Morgan fingerprint density at radius 3 is 2.11 bits per heavy atom. The van der Waals surface area contributed by atoms with Gasteiger partial charge in [0.25, 0.3) is 11.8 Å². The Balaban J connectivity index is 1.64. The summed E-state index contributed by atoms with van der Waals surface area (Å²) >= 11 is 0. The van der Waals surface area contributed by atoms with Crippen LogP contribution in [-0.4, -0.2) is 27.8 Å². The fourth-order valence-corrected chi connectivity index (χ4v) is 3.04. The molecule has 0 spiro atoms. The molecular formula is C21H14N2O4. The molecule has 132 valence electrons. The highest BCUT2D eigenvalue weighted by molar-refractivity contribution is 6.21. The molecule has 0 atom stereocenters. The van der Waals surface area contributed by atoms with Crippen LogP contribution in [0.2, 0.25) is 0 Å². The van der Waals surface area contributed by atoms with Gasteiger partial charge in [-0.1, -0.05) is 35.4 Å². The molecule has 0 unspecified atom stereocenters. The van der Waals surface area contributed by atoms with Gasteiger partial charge in [0, 0.05) is 11.8 Å². The van der Waals surface area contributed by atoms with Gasteiger partial charge in [-0.25, -0.2) is 4.79 Å². The van der Waals surface area contributed by atoms with Crippen LogP contribution >= 0.6 is 0 Å². The monoisotopic (exact) mass is 358 g/mol. The number of hydrogen-bond donors (Lipinski definition) is 0. The van der Waals surface area contributed by atoms with Gasteiger partial charge in [0.15, 0.2) is 0 Å². The molecule has 0 aliphatic carbocycles. The Morgan fingerprint density at radius 2 is 1.48 bits per heavy atom. The lowest BCUT2D eigenvalue weighted by Gasteiger charge is -2.15. The maximum atomic E-state index is 12.7. The van der Waals surface area contributed by atoms with Crippen molar-refractivity contribution in [1.82, 2.24) is 10.0 Å². The molecule has 0 N–H and O–H groups in total. The predicted molar refractivity (Wildman–Crippen MR) is 96.8 cm³/mol. The van der Waals surface area contributed by atoms with Gasteiger partial charge in [0.2, 0.25) is 0 Å². The summed E-state index contributed by atoms with van der Waals surface area (Å²) in [5.74, 6) is -2.08. The Bertz CT molecular complexity index is 1040. The second-order valence-electron chi connectivity index (χ2n) is 6.02. The summed E-state index contributed by atoms with van der Waals surface area (Å²) in [5, 5.41) is 0.514. The van der Waals surface area contributed by atoms with Gasteiger partial charge < -0.3 is 4.84 Å². The van der Waals surface area contributed by atoms with Crippen LogP contribution in [0.4, 0.5) is 0 Å². The Kier molecular flexibility index (Phi) is 4.01. The average Bonchev–Trinajstić information content (AvgIpc) is 2.94. The second kappa shape index (κ2) is 6.49. The average molecular weight is 358 g/mol. The number of fused-ring (bicyclic) bond motifs is 1. The first-order chi connectivity index (χ1) is 13.1. The summed E-state index contributed by atoms with van der Waals surface area (Å²) in [6.07, 6.45) is 1.67. The van der Waals surface area contributed by atoms with Crippen molar-refractivity contribution >= 4 is 17.8 Å². The minimum atomic E-state index is -0.778. The first kappa shape index (κ1) is 16.7. The number of pyridine rings is 1. The van der Waals surface area contributed by atoms with E-state index >= 15 is 0 Å². The lowest BCUT2D eigenvalue weighted by Crippen LogP contribution is -2.32. The summed E-state index contributed by atoms with van der Waals surface area (Å²) in [6, 6.07) is 17.0. The highest BCUT2D eigenvalue weighted by atomic mass is 16.7. The van der Waals surface area contributed by atoms with Gasteiger partial charge in [0.1, 0.15) is 0 Å². The molecule has 2 aromatic carbocycles. The molecule has 27 heavy (non-hydrogen) atoms. The fraction of sp³-hybridized carbons (Fsp3) is 0.0476. The molecular weight excluding hydrogens is 344 g/mol. The first-order valence-electron chi connectivity index (χ1n) is 8.29. The fourth-order valence-electron chi connectivity index (χ4n) is 3.04. The lowest BCUT2D eigenvalue weighted by atomic mass is 10.00. The molecule has 2 heterocycles. The molecule has 0 radical (unpaired) electrons. The van der Waals surface area contributed by atoms with Crippen LogP contribution in [0.3, 0.4) is 0 Å². The van der Waals surface area contributed by atoms with Crippen molar-refractivity contribution in [2.75, 3.05) is 0 Å². The molecule has 4 rings (SSSR count). The number of imide groups is 1. The van der Waals surface area contributed by atoms with E-state index in [1.165, 1.54) is 12.1 Å². The smallest absolute Gasteiger partial charge is 0.324 e. The topological polar surface area (TPSA) is 76.6 Å². The van der Waals surface area contributed by atoms with Gasteiger partial charge in [0.05, 0.1) is 22.4 Å². The third-order valence-electron chi connectivity index (χ3n) is 4.43. The third kappa shape index (κ3) is 2.77. The van der Waals surface area contributed by atoms with Crippen LogP contribution in [0, 0.1) is 6.92 Å². The van der Waals surface area contributed by atoms with Crippen molar-refractivity contribution in [3.05, 3.63) is 89.1 Å². The number of benzene rings is 2. The van der Waals surface area contributed by atoms with E-state index in [-0.39, 0.29) is 16.7 Å². The lowest BCUT2D eigenvalue weighted by molar-refractivity contribution is -0.0585. The van der Waals surface area contributed by atoms with Crippen molar-refractivity contribution in [3.8, 4) is 11.3 Å². The van der Waals surface area contributed by atoms with E-state index in [4.69, 9.17) is 4.84 Å². The Morgan fingerprint density at radius 1 is 0.852 bits per heavy atom. The molecule has 6 heteroatoms. The second-order valence-corrected chi connectivity index (χ2v) is 6.02. The van der Waals surface area contributed by atoms with Gasteiger partial charge in [-0.05, 0) is 42.8 Å². The number of carbonyl (C=O) groups excluding carboxylic acids is 3. The molecule has 2 amide bonds. The number of aromatic nitrogens is 1. The minimum Gasteiger partial charge on any atom is -0.324 e. The normalized spacial score (nSPS) is 12.9. The van der Waals surface area contributed by atoms with E-state index < -0.39 is 17.8 Å². The minimum absolute atomic E-state index is 0.217. The van der Waals surface area contributed by atoms with Gasteiger partial charge >= 0.3 is 5.97 Å². The number of hydrogen-bond acceptors (Lipinski definition) is 5. The molecule has 0 saturated carbocycles. The zero-order valence-corrected chi connectivity index (χ0v) is 14.4. The van der Waals surface area contributed by atoms with Crippen molar-refractivity contribution in [2.45, 2.75) is 6.92 Å². The zero-order valence-electron chi connectivity index (χ0n) is 14.4. The van der Waals surface area contributed by atoms with Crippen LogP contribution in [0.25, 0.3) is 11.3 Å². The maximum Gasteiger partial charge on any atom is 0.364 e. The van der Waals surface area contributed by atoms with Crippen LogP contribution in [0.15, 0.2) is 66.9 Å². The number of rotatable bonds is 3. The summed E-state index contributed by atoms with van der Waals surface area (Å²) < 4.78 is 0. The van der Waals surface area contributed by atoms with Gasteiger partial charge in [-0.2, -0.15) is 0 Å². The van der Waals surface area contributed by atoms with Crippen molar-refractivity contribution in [2.24, 2.45) is 0 Å². The summed E-state index contributed by atoms with van der Waals surface area (Å²) in [5.41, 5.74) is 2.83. The van der Waals surface area contributed by atoms with E-state index in [1.54, 1.807) is 43.5 Å². The number of amides is 2. The van der Waals surface area contributed by atoms with Crippen LogP contribution < -0.4 is 0 Å². The molecule has 6 nitrogen and oxygen atoms in total. The van der Waals surface area contributed by atoms with Crippen molar-refractivity contribution in [1.29, 1.82) is 0 Å². The highest BCUT2D eigenvalue weighted by Crippen LogP contribution is 2.27. The molecule has 1 aliphatic rings. The molecule has 1 aliphatic heterocycles. The van der Waals surface area contributed by atoms with Crippen LogP contribution in [0.1, 0.15) is 36.6 Å². The molecule has 1 aromatic heterocycles. The van der Waals surface area contributed by atoms with E-state index in [0.29, 0.717) is 16.3 Å². The van der Waals surface area contributed by atoms with E-state index in [9.17, 15) is 14.4 Å². The maximum absolute atomic E-state index is 12.7. The Labute approximate surface area is 155 Å². The molecule has 0 saturated heterocycles. The molecule has 3 aromatic rings. The van der Waals surface area contributed by atoms with Crippen LogP contribution in [0.5, 0.6) is 0 Å². The van der Waals surface area contributed by atoms with E-state index in [2.05, 4.69) is 4.98 Å². The number of carbonyl (C=O) groups is 3. The zero-order chi connectivity index (χ0) is 19.0. The SMILES string of the molecule is Cc1c(C(=O)ON2C(=O)c3ccccc3C2=O)cccc1-c1ccccn1. The molecule has 0 fully saturated rings. The summed E-state index contributed by atoms with van der Waals surface area (Å²) in [6.45, 7) is 1.77. The number of hydroxylamine groups is 2. The van der Waals surface area contributed by atoms with Crippen molar-refractivity contribution in [3.63, 3.8) is 0 Å². The predicted octanol–water partition coefficient (Wildman–Crippen LogP) is 3.43. The third-order valence-corrected chi connectivity index (χ3v) is 4.43. The first-order valence-corrected chi connectivity index (χ1v) is 8.29. The van der Waals surface area contributed by atoms with Crippen LogP contribution in [-0.2, 0) is 4.84 Å². The summed E-state index contributed by atoms with van der Waals surface area (Å²) in [7, 11) is 0. The van der Waals surface area contributed by atoms with Gasteiger partial charge in [-0.15, -0.1) is 0 Å². The van der Waals surface area contributed by atoms with E-state index in [0.717, 1.165) is 5.56 Å².